The van der Waals surface area contributed by atoms with Crippen molar-refractivity contribution in [2.24, 2.45) is 5.41 Å². The van der Waals surface area contributed by atoms with Gasteiger partial charge in [0.1, 0.15) is 17.7 Å². The molecule has 2 aromatic carbocycles. The van der Waals surface area contributed by atoms with Crippen molar-refractivity contribution in [1.82, 2.24) is 26.2 Å². The summed E-state index contributed by atoms with van der Waals surface area (Å²) in [5, 5.41) is 10.9. The van der Waals surface area contributed by atoms with Crippen LogP contribution in [-0.2, 0) is 28.7 Å². The molecule has 2 heterocycles. The maximum absolute atomic E-state index is 14.4. The molecule has 12 nitrogen and oxygen atoms in total. The van der Waals surface area contributed by atoms with Crippen LogP contribution in [0.5, 0.6) is 0 Å². The first-order valence-corrected chi connectivity index (χ1v) is 20.5. The zero-order chi connectivity index (χ0) is 39.7. The van der Waals surface area contributed by atoms with Crippen LogP contribution in [0, 0.1) is 5.41 Å². The third-order valence-corrected chi connectivity index (χ3v) is 12.4. The van der Waals surface area contributed by atoms with E-state index in [9.17, 15) is 28.8 Å². The van der Waals surface area contributed by atoms with E-state index in [1.807, 2.05) is 88.4 Å². The molecular formula is C40H55N5O7S2. The van der Waals surface area contributed by atoms with E-state index in [0.29, 0.717) is 12.8 Å². The molecule has 5 amide bonds. The molecule has 2 aromatic rings. The summed E-state index contributed by atoms with van der Waals surface area (Å²) in [6, 6.07) is 15.2. The second-order valence-electron chi connectivity index (χ2n) is 15.8. The predicted molar refractivity (Wildman–Crippen MR) is 213 cm³/mol. The molecule has 2 fully saturated rings. The molecule has 1 spiro atoms. The third-order valence-electron chi connectivity index (χ3n) is 9.09. The molecule has 2 saturated heterocycles. The Hall–Kier alpha value is -4.04. The smallest absolute Gasteiger partial charge is 0.408 e. The Morgan fingerprint density at radius 1 is 0.852 bits per heavy atom. The van der Waals surface area contributed by atoms with Gasteiger partial charge in [-0.1, -0.05) is 94.8 Å². The number of benzene rings is 2. The van der Waals surface area contributed by atoms with Crippen LogP contribution >= 0.6 is 23.5 Å². The maximum Gasteiger partial charge on any atom is 0.408 e. The van der Waals surface area contributed by atoms with Gasteiger partial charge in [-0.25, -0.2) is 4.79 Å². The van der Waals surface area contributed by atoms with Crippen LogP contribution in [0.2, 0.25) is 0 Å². The van der Waals surface area contributed by atoms with Gasteiger partial charge in [-0.2, -0.15) is 0 Å². The fourth-order valence-corrected chi connectivity index (χ4v) is 9.81. The van der Waals surface area contributed by atoms with Gasteiger partial charge >= 0.3 is 6.09 Å². The summed E-state index contributed by atoms with van der Waals surface area (Å²) in [6.07, 6.45) is 1.26. The van der Waals surface area contributed by atoms with Crippen molar-refractivity contribution in [3.63, 3.8) is 0 Å². The van der Waals surface area contributed by atoms with Crippen molar-refractivity contribution in [3.05, 3.63) is 71.8 Å². The van der Waals surface area contributed by atoms with Gasteiger partial charge in [-0.15, -0.1) is 23.5 Å². The minimum absolute atomic E-state index is 0.175. The standard InChI is InChI=1S/C40H55N5O7S2/c1-8-16-28(32(47)35(49)41-24-30(46)43-31(26-17-11-9-12-18-26)27-19-13-10-14-20-27)42-34(48)29-23-40(53-21-15-22-54-40)25-45(29)36(50)33(38(2,3)4)44-37(51)52-39(5,6)7/h9-14,17-20,28-29,31,33H,8,15-16,21-25H2,1-7H3,(H,41,49)(H,42,48)(H,43,46)(H,44,51)/t28?,29-,33-/m0/s1. The van der Waals surface area contributed by atoms with Gasteiger partial charge in [0, 0.05) is 13.0 Å². The normalized spacial score (nSPS) is 18.0. The molecule has 2 aliphatic heterocycles. The number of nitrogens with one attached hydrogen (secondary N) is 4. The van der Waals surface area contributed by atoms with Gasteiger partial charge in [-0.05, 0) is 61.7 Å². The lowest BCUT2D eigenvalue weighted by atomic mass is 9.85. The van der Waals surface area contributed by atoms with Crippen LogP contribution in [0.25, 0.3) is 0 Å². The second-order valence-corrected chi connectivity index (χ2v) is 19.0. The number of hydrogen-bond acceptors (Lipinski definition) is 9. The number of thioether (sulfide) groups is 2. The lowest BCUT2D eigenvalue weighted by Crippen LogP contribution is -2.59. The molecule has 1 unspecified atom stereocenters. The summed E-state index contributed by atoms with van der Waals surface area (Å²) in [4.78, 5) is 82.8. The van der Waals surface area contributed by atoms with Crippen molar-refractivity contribution in [2.75, 3.05) is 24.6 Å². The Bertz CT molecular complexity index is 1600. The number of rotatable bonds is 13. The summed E-state index contributed by atoms with van der Waals surface area (Å²) in [5.41, 5.74) is 0.191. The Morgan fingerprint density at radius 3 is 1.94 bits per heavy atom. The minimum Gasteiger partial charge on any atom is -0.444 e. The quantitative estimate of drug-likeness (QED) is 0.206. The van der Waals surface area contributed by atoms with E-state index >= 15 is 0 Å². The number of ether oxygens (including phenoxy) is 1. The number of hydrogen-bond donors (Lipinski definition) is 4. The van der Waals surface area contributed by atoms with E-state index in [1.165, 1.54) is 4.90 Å². The number of alkyl carbamates (subject to hydrolysis) is 1. The zero-order valence-electron chi connectivity index (χ0n) is 32.4. The molecule has 0 aromatic heterocycles. The lowest BCUT2D eigenvalue weighted by molar-refractivity contribution is -0.144. The first kappa shape index (κ1) is 42.7. The first-order chi connectivity index (χ1) is 25.4. The molecule has 294 valence electrons. The number of likely N-dealkylation sites (tertiary alicyclic amines) is 1. The highest BCUT2D eigenvalue weighted by atomic mass is 32.2. The zero-order valence-corrected chi connectivity index (χ0v) is 34.0. The number of nitrogens with zero attached hydrogens (tertiary/aromatic N) is 1. The molecule has 14 heteroatoms. The number of Topliss-reactive ketones (excluding diaryl/α,β-unsaturated/α-hetero) is 1. The molecule has 2 aliphatic rings. The van der Waals surface area contributed by atoms with Crippen molar-refractivity contribution in [2.45, 2.75) is 108 Å². The van der Waals surface area contributed by atoms with Gasteiger partial charge in [0.05, 0.1) is 22.7 Å². The predicted octanol–water partition coefficient (Wildman–Crippen LogP) is 4.97. The third kappa shape index (κ3) is 11.7. The minimum atomic E-state index is -1.18. The van der Waals surface area contributed by atoms with Crippen LogP contribution in [0.15, 0.2) is 60.7 Å². The van der Waals surface area contributed by atoms with Gasteiger partial charge < -0.3 is 30.9 Å². The van der Waals surface area contributed by atoms with E-state index in [1.54, 1.807) is 44.3 Å². The number of carbonyl (C=O) groups is 6. The van der Waals surface area contributed by atoms with Gasteiger partial charge in [0.25, 0.3) is 5.91 Å². The fraction of sp³-hybridized carbons (Fsp3) is 0.550. The Labute approximate surface area is 327 Å². The monoisotopic (exact) mass is 781 g/mol. The van der Waals surface area contributed by atoms with Crippen LogP contribution in [0.4, 0.5) is 4.79 Å². The van der Waals surface area contributed by atoms with E-state index in [2.05, 4.69) is 21.3 Å². The fourth-order valence-electron chi connectivity index (χ4n) is 6.46. The molecule has 0 radical (unpaired) electrons. The number of ketones is 1. The highest BCUT2D eigenvalue weighted by molar-refractivity contribution is 8.18. The molecule has 54 heavy (non-hydrogen) atoms. The summed E-state index contributed by atoms with van der Waals surface area (Å²) in [7, 11) is 0. The van der Waals surface area contributed by atoms with E-state index in [-0.39, 0.29) is 13.0 Å². The highest BCUT2D eigenvalue weighted by Gasteiger charge is 2.53. The largest absolute Gasteiger partial charge is 0.444 e. The van der Waals surface area contributed by atoms with Gasteiger partial charge in [0.15, 0.2) is 0 Å². The Balaban J connectivity index is 1.47. The summed E-state index contributed by atoms with van der Waals surface area (Å²) < 4.78 is 5.04. The molecule has 3 atom stereocenters. The van der Waals surface area contributed by atoms with Crippen molar-refractivity contribution >= 4 is 59.0 Å². The summed E-state index contributed by atoms with van der Waals surface area (Å²) in [5.74, 6) is -1.60. The van der Waals surface area contributed by atoms with E-state index in [4.69, 9.17) is 4.74 Å². The molecule has 4 N–H and O–H groups in total. The van der Waals surface area contributed by atoms with Crippen LogP contribution < -0.4 is 21.3 Å². The molecule has 0 saturated carbocycles. The highest BCUT2D eigenvalue weighted by Crippen LogP contribution is 2.50. The van der Waals surface area contributed by atoms with Crippen LogP contribution in [-0.4, -0.2) is 92.8 Å². The number of carbonyl (C=O) groups excluding carboxylic acids is 6. The molecule has 0 bridgehead atoms. The van der Waals surface area contributed by atoms with Gasteiger partial charge in [0.2, 0.25) is 23.5 Å². The molecule has 4 rings (SSSR count). The van der Waals surface area contributed by atoms with Crippen LogP contribution in [0.3, 0.4) is 0 Å². The average Bonchev–Trinajstić information content (AvgIpc) is 3.49. The molecular weight excluding hydrogens is 727 g/mol. The topological polar surface area (TPSA) is 163 Å². The maximum atomic E-state index is 14.4. The summed E-state index contributed by atoms with van der Waals surface area (Å²) >= 11 is 3.43. The van der Waals surface area contributed by atoms with E-state index < -0.39 is 81.3 Å². The van der Waals surface area contributed by atoms with Crippen LogP contribution in [0.1, 0.15) is 91.3 Å². The summed E-state index contributed by atoms with van der Waals surface area (Å²) in [6.45, 7) is 12.3. The van der Waals surface area contributed by atoms with E-state index in [0.717, 1.165) is 29.1 Å². The second kappa shape index (κ2) is 18.5. The first-order valence-electron chi connectivity index (χ1n) is 18.5. The SMILES string of the molecule is CCCC(NC(=O)[C@@H]1CC2(CN1C(=O)[C@H](NC(=O)OC(C)(C)C)C(C)(C)C)SCCCS2)C(=O)C(=O)NCC(=O)NC(c1ccccc1)c1ccccc1. The lowest BCUT2D eigenvalue weighted by Gasteiger charge is -2.36. The van der Waals surface area contributed by atoms with Crippen molar-refractivity contribution in [3.8, 4) is 0 Å². The van der Waals surface area contributed by atoms with Gasteiger partial charge in [-0.3, -0.25) is 24.0 Å². The Kier molecular flexibility index (Phi) is 14.7. The van der Waals surface area contributed by atoms with Crippen molar-refractivity contribution in [1.29, 1.82) is 0 Å². The number of amides is 5. The average molecular weight is 782 g/mol. The molecule has 0 aliphatic carbocycles. The van der Waals surface area contributed by atoms with Crippen molar-refractivity contribution < 1.29 is 33.5 Å². The Morgan fingerprint density at radius 2 is 1.43 bits per heavy atom.